The fraction of sp³-hybridized carbons (Fsp3) is 1.00. The van der Waals surface area contributed by atoms with E-state index >= 15 is 0 Å². The summed E-state index contributed by atoms with van der Waals surface area (Å²) in [6, 6.07) is 0. The summed E-state index contributed by atoms with van der Waals surface area (Å²) in [6.45, 7) is 6.28. The van der Waals surface area contributed by atoms with Crippen molar-refractivity contribution in [3.8, 4) is 0 Å². The van der Waals surface area contributed by atoms with Crippen molar-refractivity contribution in [1.29, 1.82) is 5.16 Å². The second-order valence-electron chi connectivity index (χ2n) is 2.51. The average Bonchev–Trinajstić information content (AvgIpc) is 1.35. The summed E-state index contributed by atoms with van der Waals surface area (Å²) < 4.78 is 0. The second-order valence-corrected chi connectivity index (χ2v) is 4.53. The molecule has 0 saturated heterocycles. The molecule has 0 fully saturated rings. The Morgan fingerprint density at radius 3 is 1.50 bits per heavy atom. The highest BCUT2D eigenvalue weighted by molar-refractivity contribution is 7.27. The summed E-state index contributed by atoms with van der Waals surface area (Å²) in [7, 11) is -0.0903. The summed E-state index contributed by atoms with van der Waals surface area (Å²) in [4.78, 5) is 0. The van der Waals surface area contributed by atoms with E-state index in [-0.39, 0.29) is 8.37 Å². The predicted molar refractivity (Wildman–Crippen MR) is 32.2 cm³/mol. The van der Waals surface area contributed by atoms with Crippen molar-refractivity contribution in [2.24, 2.45) is 0 Å². The summed E-state index contributed by atoms with van der Waals surface area (Å²) in [5.74, 6) is 0. The molecule has 38 valence electrons. The fourth-order valence-electron chi connectivity index (χ4n) is 0. The lowest BCUT2D eigenvalue weighted by Gasteiger charge is -2.07. The normalized spacial score (nSPS) is 13.8. The molecule has 0 rings (SSSR count). The highest BCUT2D eigenvalue weighted by atomic mass is 31.1. The van der Waals surface area contributed by atoms with Crippen LogP contribution in [0.2, 0.25) is 0 Å². The Hall–Kier alpha value is 0.230. The lowest BCUT2D eigenvalue weighted by atomic mass is 10.3. The van der Waals surface area contributed by atoms with Gasteiger partial charge in [0.05, 0.1) is 0 Å². The van der Waals surface area contributed by atoms with Crippen molar-refractivity contribution in [2.75, 3.05) is 0 Å². The van der Waals surface area contributed by atoms with Gasteiger partial charge in [0, 0.05) is 0 Å². The zero-order chi connectivity index (χ0) is 5.21. The molecule has 0 aromatic carbocycles. The van der Waals surface area contributed by atoms with Crippen molar-refractivity contribution >= 4 is 8.37 Å². The zero-order valence-corrected chi connectivity index (χ0v) is 5.73. The Balaban J connectivity index is 3.45. The second kappa shape index (κ2) is 1.79. The van der Waals surface area contributed by atoms with E-state index in [1.165, 1.54) is 0 Å². The third-order valence-corrected chi connectivity index (χ3v) is 1.30. The number of hydrogen-bond donors (Lipinski definition) is 1. The summed E-state index contributed by atoms with van der Waals surface area (Å²) in [5.41, 5.74) is 0. The third kappa shape index (κ3) is 4.23. The van der Waals surface area contributed by atoms with Crippen molar-refractivity contribution in [3.05, 3.63) is 0 Å². The first-order valence-corrected chi connectivity index (χ1v) is 3.23. The first-order valence-electron chi connectivity index (χ1n) is 2.08. The van der Waals surface area contributed by atoms with E-state index in [0.29, 0.717) is 5.16 Å². The average molecular weight is 105 g/mol. The van der Waals surface area contributed by atoms with Gasteiger partial charge in [0.25, 0.3) is 0 Å². The Labute approximate surface area is 40.4 Å². The third-order valence-electron chi connectivity index (χ3n) is 0.433. The van der Waals surface area contributed by atoms with E-state index in [0.717, 1.165) is 0 Å². The minimum Gasteiger partial charge on any atom is -0.324 e. The molecular formula is C4H12NP. The van der Waals surface area contributed by atoms with Crippen LogP contribution in [0.4, 0.5) is 0 Å². The maximum absolute atomic E-state index is 6.94. The van der Waals surface area contributed by atoms with E-state index in [1.54, 1.807) is 0 Å². The van der Waals surface area contributed by atoms with Crippen molar-refractivity contribution in [1.82, 2.24) is 0 Å². The van der Waals surface area contributed by atoms with E-state index < -0.39 is 0 Å². The van der Waals surface area contributed by atoms with E-state index in [4.69, 9.17) is 5.16 Å². The molecule has 0 heterocycles. The van der Waals surface area contributed by atoms with Gasteiger partial charge < -0.3 is 5.16 Å². The molecule has 0 aromatic heterocycles. The molecule has 2 heteroatoms. The molecule has 1 nitrogen and oxygen atoms in total. The smallest absolute Gasteiger partial charge is 0.00834 e. The Morgan fingerprint density at radius 2 is 1.50 bits per heavy atom. The van der Waals surface area contributed by atoms with Crippen LogP contribution < -0.4 is 0 Å². The van der Waals surface area contributed by atoms with Crippen LogP contribution >= 0.6 is 8.37 Å². The quantitative estimate of drug-likeness (QED) is 0.455. The molecule has 0 radical (unpaired) electrons. The molecule has 0 spiro atoms. The standard InChI is InChI=1S/C4H12NP/c1-4(2,3)6-5/h5H,6H2,1-3H3. The first kappa shape index (κ1) is 6.23. The molecule has 1 unspecified atom stereocenters. The van der Waals surface area contributed by atoms with Crippen LogP contribution in [0.1, 0.15) is 20.8 Å². The van der Waals surface area contributed by atoms with Crippen LogP contribution in [0.25, 0.3) is 0 Å². The monoisotopic (exact) mass is 105 g/mol. The van der Waals surface area contributed by atoms with Gasteiger partial charge in [0.1, 0.15) is 0 Å². The molecule has 1 atom stereocenters. The van der Waals surface area contributed by atoms with E-state index in [2.05, 4.69) is 20.8 Å². The molecule has 6 heavy (non-hydrogen) atoms. The molecule has 0 aromatic rings. The van der Waals surface area contributed by atoms with Crippen LogP contribution in [-0.4, -0.2) is 5.16 Å². The van der Waals surface area contributed by atoms with Crippen LogP contribution in [0.15, 0.2) is 0 Å². The topological polar surface area (TPSA) is 23.9 Å². The van der Waals surface area contributed by atoms with Gasteiger partial charge in [-0.25, -0.2) is 0 Å². The minimum absolute atomic E-state index is 0.0903. The van der Waals surface area contributed by atoms with Gasteiger partial charge in [-0.05, 0) is 5.16 Å². The SMILES string of the molecule is CC(C)(C)[PH2]=N. The van der Waals surface area contributed by atoms with Crippen LogP contribution in [0, 0.1) is 5.16 Å². The molecule has 1 N–H and O–H groups in total. The van der Waals surface area contributed by atoms with Gasteiger partial charge in [-0.15, -0.1) is 0 Å². The maximum atomic E-state index is 6.94. The van der Waals surface area contributed by atoms with Gasteiger partial charge in [0.2, 0.25) is 0 Å². The summed E-state index contributed by atoms with van der Waals surface area (Å²) in [6.07, 6.45) is 0. The predicted octanol–water partition coefficient (Wildman–Crippen LogP) is 1.96. The van der Waals surface area contributed by atoms with Gasteiger partial charge in [-0.3, -0.25) is 0 Å². The summed E-state index contributed by atoms with van der Waals surface area (Å²) in [5, 5.41) is 7.23. The minimum atomic E-state index is -0.0903. The van der Waals surface area contributed by atoms with Crippen molar-refractivity contribution in [3.63, 3.8) is 0 Å². The fourth-order valence-corrected chi connectivity index (χ4v) is 0. The number of nitrogens with one attached hydrogen (secondary N) is 1. The lowest BCUT2D eigenvalue weighted by molar-refractivity contribution is 0.797. The summed E-state index contributed by atoms with van der Waals surface area (Å²) >= 11 is 0. The molecule has 0 amide bonds. The molecular weight excluding hydrogens is 93.0 g/mol. The Morgan fingerprint density at radius 1 is 1.33 bits per heavy atom. The van der Waals surface area contributed by atoms with Crippen molar-refractivity contribution < 1.29 is 0 Å². The van der Waals surface area contributed by atoms with Crippen LogP contribution in [-0.2, 0) is 0 Å². The van der Waals surface area contributed by atoms with Crippen molar-refractivity contribution in [2.45, 2.75) is 25.9 Å². The number of rotatable bonds is 0. The van der Waals surface area contributed by atoms with E-state index in [9.17, 15) is 0 Å². The van der Waals surface area contributed by atoms with E-state index in [1.807, 2.05) is 0 Å². The maximum Gasteiger partial charge on any atom is -0.00834 e. The highest BCUT2D eigenvalue weighted by Gasteiger charge is 2.00. The van der Waals surface area contributed by atoms with Gasteiger partial charge >= 0.3 is 0 Å². The Bertz CT molecular complexity index is 53.1. The molecule has 0 aliphatic heterocycles. The van der Waals surface area contributed by atoms with Gasteiger partial charge in [-0.2, -0.15) is 0 Å². The highest BCUT2D eigenvalue weighted by Crippen LogP contribution is 2.19. The molecule has 0 bridgehead atoms. The largest absolute Gasteiger partial charge is 0.324 e. The Kier molecular flexibility index (Phi) is 1.86. The first-order chi connectivity index (χ1) is 2.56. The van der Waals surface area contributed by atoms with Crippen LogP contribution in [0.3, 0.4) is 0 Å². The lowest BCUT2D eigenvalue weighted by Crippen LogP contribution is -1.99. The number of hydrogen-bond acceptors (Lipinski definition) is 1. The molecule has 0 aliphatic rings. The molecule has 0 aliphatic carbocycles. The van der Waals surface area contributed by atoms with Crippen LogP contribution in [0.5, 0.6) is 0 Å². The zero-order valence-electron chi connectivity index (χ0n) is 4.58. The molecule has 0 saturated carbocycles. The van der Waals surface area contributed by atoms with Gasteiger partial charge in [0.15, 0.2) is 0 Å². The van der Waals surface area contributed by atoms with Gasteiger partial charge in [-0.1, -0.05) is 29.1 Å².